The molecule has 4 nitrogen and oxygen atoms in total. The van der Waals surface area contributed by atoms with Gasteiger partial charge in [-0.15, -0.1) is 0 Å². The highest BCUT2D eigenvalue weighted by Crippen LogP contribution is 2.19. The van der Waals surface area contributed by atoms with Crippen molar-refractivity contribution >= 4 is 33.7 Å². The van der Waals surface area contributed by atoms with E-state index in [-0.39, 0.29) is 11.5 Å². The Morgan fingerprint density at radius 3 is 3.12 bits per heavy atom. The molecule has 0 bridgehead atoms. The second kappa shape index (κ2) is 5.57. The van der Waals surface area contributed by atoms with E-state index in [0.717, 1.165) is 5.56 Å². The van der Waals surface area contributed by atoms with Gasteiger partial charge in [0.1, 0.15) is 5.75 Å². The molecule has 0 aliphatic rings. The van der Waals surface area contributed by atoms with Crippen LogP contribution in [0.1, 0.15) is 5.89 Å². The summed E-state index contributed by atoms with van der Waals surface area (Å²) in [6.07, 6.45) is 0. The van der Waals surface area contributed by atoms with Gasteiger partial charge in [-0.25, -0.2) is 0 Å². The van der Waals surface area contributed by atoms with Crippen molar-refractivity contribution in [1.82, 2.24) is 10.1 Å². The molecule has 0 spiro atoms. The van der Waals surface area contributed by atoms with E-state index < -0.39 is 10.8 Å². The lowest BCUT2D eigenvalue weighted by atomic mass is 10.3. The molecule has 7 heteroatoms. The van der Waals surface area contributed by atoms with E-state index in [1.165, 1.54) is 0 Å². The Morgan fingerprint density at radius 2 is 2.47 bits per heavy atom. The topological polar surface area (TPSA) is 56.0 Å². The monoisotopic (exact) mass is 288 g/mol. The molecular weight excluding hydrogens is 280 g/mol. The number of thiophene rings is 1. The Morgan fingerprint density at radius 1 is 1.65 bits per heavy atom. The maximum absolute atomic E-state index is 11.6. The van der Waals surface area contributed by atoms with Crippen LogP contribution in [-0.4, -0.2) is 20.1 Å². The van der Waals surface area contributed by atoms with Crippen molar-refractivity contribution in [2.24, 2.45) is 0 Å². The highest BCUT2D eigenvalue weighted by molar-refractivity contribution is 7.84. The van der Waals surface area contributed by atoms with Crippen LogP contribution in [0, 0.1) is 0 Å². The van der Waals surface area contributed by atoms with Gasteiger partial charge in [0.2, 0.25) is 11.7 Å². The molecule has 2 aromatic rings. The van der Waals surface area contributed by atoms with Gasteiger partial charge in [-0.2, -0.15) is 16.3 Å². The van der Waals surface area contributed by atoms with Crippen LogP contribution in [0.2, 0.25) is 0 Å². The van der Waals surface area contributed by atoms with Gasteiger partial charge in [-0.1, -0.05) is 23.3 Å². The molecule has 0 amide bonds. The molecule has 1 unspecified atom stereocenters. The molecule has 0 aliphatic carbocycles. The molecule has 0 saturated heterocycles. The number of rotatable bonds is 5. The van der Waals surface area contributed by atoms with E-state index in [0.29, 0.717) is 16.7 Å². The number of hydrogen-bond acceptors (Lipinski definition) is 5. The Kier molecular flexibility index (Phi) is 4.09. The van der Waals surface area contributed by atoms with Crippen molar-refractivity contribution in [1.29, 1.82) is 0 Å². The first kappa shape index (κ1) is 12.5. The fourth-order valence-electron chi connectivity index (χ4n) is 1.19. The van der Waals surface area contributed by atoms with Crippen molar-refractivity contribution < 1.29 is 8.73 Å². The van der Waals surface area contributed by atoms with Gasteiger partial charge in [0.25, 0.3) is 0 Å². The molecular formula is C10H9ClN2O2S2. The van der Waals surface area contributed by atoms with E-state index in [1.807, 2.05) is 16.8 Å². The number of hydrogen-bond donors (Lipinski definition) is 0. The minimum atomic E-state index is -1.16. The summed E-state index contributed by atoms with van der Waals surface area (Å²) >= 11 is 7.13. The second-order valence-corrected chi connectivity index (χ2v) is 6.04. The predicted molar refractivity (Wildman–Crippen MR) is 69.3 cm³/mol. The van der Waals surface area contributed by atoms with Gasteiger partial charge in [-0.3, -0.25) is 4.21 Å². The van der Waals surface area contributed by atoms with Gasteiger partial charge >= 0.3 is 0 Å². The van der Waals surface area contributed by atoms with Crippen molar-refractivity contribution in [3.05, 3.63) is 34.3 Å². The standard InChI is InChI=1S/C10H9ClN2O2S2/c1-7(11)5-17(14)6-9-12-10(13-15-9)8-2-3-16-4-8/h2-4H,1,5-6H2. The Bertz CT molecular complexity index is 536. The number of nitrogens with zero attached hydrogens (tertiary/aromatic N) is 2. The fraction of sp³-hybridized carbons (Fsp3) is 0.200. The quantitative estimate of drug-likeness (QED) is 0.849. The first-order chi connectivity index (χ1) is 8.15. The normalized spacial score (nSPS) is 12.5. The Hall–Kier alpha value is -0.980. The highest BCUT2D eigenvalue weighted by atomic mass is 35.5. The van der Waals surface area contributed by atoms with Gasteiger partial charge < -0.3 is 4.52 Å². The van der Waals surface area contributed by atoms with Crippen LogP contribution in [0.15, 0.2) is 33.0 Å². The van der Waals surface area contributed by atoms with Crippen molar-refractivity contribution in [2.45, 2.75) is 5.75 Å². The first-order valence-corrected chi connectivity index (χ1v) is 7.49. The van der Waals surface area contributed by atoms with Crippen LogP contribution < -0.4 is 0 Å². The molecule has 2 aromatic heterocycles. The summed E-state index contributed by atoms with van der Waals surface area (Å²) in [5.74, 6) is 1.30. The van der Waals surface area contributed by atoms with E-state index in [4.69, 9.17) is 16.1 Å². The van der Waals surface area contributed by atoms with Gasteiger partial charge in [-0.05, 0) is 11.4 Å². The number of halogens is 1. The average Bonchev–Trinajstić information content (AvgIpc) is 2.84. The second-order valence-electron chi connectivity index (χ2n) is 3.27. The van der Waals surface area contributed by atoms with Crippen molar-refractivity contribution in [3.8, 4) is 11.4 Å². The zero-order valence-corrected chi connectivity index (χ0v) is 11.1. The number of aromatic nitrogens is 2. The van der Waals surface area contributed by atoms with Gasteiger partial charge in [0.15, 0.2) is 0 Å². The van der Waals surface area contributed by atoms with Gasteiger partial charge in [0.05, 0.1) is 5.75 Å². The third-order valence-corrected chi connectivity index (χ3v) is 4.06. The summed E-state index contributed by atoms with van der Waals surface area (Å²) in [6.45, 7) is 3.49. The third-order valence-electron chi connectivity index (χ3n) is 1.85. The SMILES string of the molecule is C=C(Cl)CS(=O)Cc1nc(-c2ccsc2)no1. The molecule has 0 aromatic carbocycles. The zero-order valence-electron chi connectivity index (χ0n) is 8.76. The Labute approximate surface area is 110 Å². The molecule has 1 atom stereocenters. The lowest BCUT2D eigenvalue weighted by Gasteiger charge is -1.94. The van der Waals surface area contributed by atoms with Crippen LogP contribution in [0.5, 0.6) is 0 Å². The molecule has 0 radical (unpaired) electrons. The summed E-state index contributed by atoms with van der Waals surface area (Å²) in [6, 6.07) is 1.90. The predicted octanol–water partition coefficient (Wildman–Crippen LogP) is 2.80. The van der Waals surface area contributed by atoms with E-state index in [2.05, 4.69) is 16.7 Å². The largest absolute Gasteiger partial charge is 0.338 e. The highest BCUT2D eigenvalue weighted by Gasteiger charge is 2.12. The van der Waals surface area contributed by atoms with Crippen LogP contribution in [0.3, 0.4) is 0 Å². The van der Waals surface area contributed by atoms with E-state index >= 15 is 0 Å². The smallest absolute Gasteiger partial charge is 0.239 e. The molecule has 0 saturated carbocycles. The van der Waals surface area contributed by atoms with Crippen LogP contribution in [-0.2, 0) is 16.6 Å². The molecule has 2 rings (SSSR count). The summed E-state index contributed by atoms with van der Waals surface area (Å²) in [7, 11) is -1.16. The maximum atomic E-state index is 11.6. The average molecular weight is 289 g/mol. The molecule has 90 valence electrons. The molecule has 0 fully saturated rings. The fourth-order valence-corrected chi connectivity index (χ4v) is 3.03. The summed E-state index contributed by atoms with van der Waals surface area (Å²) in [5, 5.41) is 8.04. The molecule has 0 aliphatic heterocycles. The lowest BCUT2D eigenvalue weighted by Crippen LogP contribution is -2.00. The van der Waals surface area contributed by atoms with Crippen LogP contribution in [0.4, 0.5) is 0 Å². The minimum Gasteiger partial charge on any atom is -0.338 e. The van der Waals surface area contributed by atoms with Gasteiger partial charge in [0, 0.05) is 26.8 Å². The Balaban J connectivity index is 2.04. The van der Waals surface area contributed by atoms with Crippen LogP contribution in [0.25, 0.3) is 11.4 Å². The van der Waals surface area contributed by atoms with E-state index in [1.54, 1.807) is 11.3 Å². The first-order valence-electron chi connectivity index (χ1n) is 4.68. The lowest BCUT2D eigenvalue weighted by molar-refractivity contribution is 0.391. The molecule has 0 N–H and O–H groups in total. The molecule has 17 heavy (non-hydrogen) atoms. The zero-order chi connectivity index (χ0) is 12.3. The summed E-state index contributed by atoms with van der Waals surface area (Å²) < 4.78 is 16.6. The van der Waals surface area contributed by atoms with Crippen LogP contribution >= 0.6 is 22.9 Å². The molecule has 2 heterocycles. The van der Waals surface area contributed by atoms with E-state index in [9.17, 15) is 4.21 Å². The summed E-state index contributed by atoms with van der Waals surface area (Å²) in [5.41, 5.74) is 0.900. The van der Waals surface area contributed by atoms with Crippen molar-refractivity contribution in [2.75, 3.05) is 5.75 Å². The third kappa shape index (κ3) is 3.49. The maximum Gasteiger partial charge on any atom is 0.239 e. The summed E-state index contributed by atoms with van der Waals surface area (Å²) in [4.78, 5) is 4.16. The minimum absolute atomic E-state index is 0.197. The van der Waals surface area contributed by atoms with Crippen molar-refractivity contribution in [3.63, 3.8) is 0 Å².